The fraction of sp³-hybridized carbons (Fsp3) is 0.583. The normalized spacial score (nSPS) is 13.1. The van der Waals surface area contributed by atoms with Gasteiger partial charge in [0, 0.05) is 9.30 Å². The highest BCUT2D eigenvalue weighted by Gasteiger charge is 2.24. The number of halogens is 2. The zero-order valence-corrected chi connectivity index (χ0v) is 16.0. The first-order chi connectivity index (χ1) is 9.88. The lowest BCUT2D eigenvalue weighted by Gasteiger charge is -2.16. The minimum Gasteiger partial charge on any atom is -0.465 e. The number of ether oxygens (including phenoxy) is 1. The monoisotopic (exact) mass is 465 g/mol. The first-order valence-electron chi connectivity index (χ1n) is 6.34. The van der Waals surface area contributed by atoms with Crippen molar-refractivity contribution in [3.63, 3.8) is 0 Å². The quantitative estimate of drug-likeness (QED) is 0.346. The Balaban J connectivity index is 2.61. The van der Waals surface area contributed by atoms with Crippen LogP contribution in [0.25, 0.3) is 0 Å². The lowest BCUT2D eigenvalue weighted by molar-refractivity contribution is -0.145. The molecule has 0 saturated heterocycles. The average molecular weight is 466 g/mol. The number of carbonyl (C=O) groups excluding carboxylic acids is 1. The van der Waals surface area contributed by atoms with Gasteiger partial charge in [0.05, 0.1) is 16.7 Å². The fourth-order valence-corrected chi connectivity index (χ4v) is 4.67. The largest absolute Gasteiger partial charge is 0.465 e. The van der Waals surface area contributed by atoms with E-state index in [9.17, 15) is 13.2 Å². The summed E-state index contributed by atoms with van der Waals surface area (Å²) >= 11 is 9.25. The number of hydrogen-bond donors (Lipinski definition) is 1. The molecule has 0 fully saturated rings. The second-order valence-electron chi connectivity index (χ2n) is 4.17. The molecule has 1 N–H and O–H groups in total. The van der Waals surface area contributed by atoms with Crippen molar-refractivity contribution in [2.75, 3.05) is 16.8 Å². The van der Waals surface area contributed by atoms with Crippen molar-refractivity contribution in [3.8, 4) is 0 Å². The van der Waals surface area contributed by atoms with Gasteiger partial charge in [-0.1, -0.05) is 34.2 Å². The summed E-state index contributed by atoms with van der Waals surface area (Å²) in [7, 11) is -3.55. The van der Waals surface area contributed by atoms with Crippen LogP contribution in [0.1, 0.15) is 18.2 Å². The van der Waals surface area contributed by atoms with Crippen LogP contribution in [0.15, 0.2) is 12.1 Å². The molecule has 0 amide bonds. The number of aryl methyl sites for hydroxylation is 1. The molecule has 0 radical (unpaired) electrons. The van der Waals surface area contributed by atoms with E-state index in [-0.39, 0.29) is 12.4 Å². The third-order valence-corrected chi connectivity index (χ3v) is 5.84. The van der Waals surface area contributed by atoms with E-state index in [1.54, 1.807) is 19.1 Å². The topological polar surface area (TPSA) is 72.5 Å². The first kappa shape index (κ1) is 19.1. The highest BCUT2D eigenvalue weighted by molar-refractivity contribution is 14.1. The molecule has 1 heterocycles. The molecule has 1 aromatic rings. The van der Waals surface area contributed by atoms with E-state index in [1.807, 2.05) is 0 Å². The zero-order chi connectivity index (χ0) is 15.9. The number of hydrogen-bond acceptors (Lipinski definition) is 5. The smallest absolute Gasteiger partial charge is 0.324 e. The van der Waals surface area contributed by atoms with Gasteiger partial charge in [-0.15, -0.1) is 11.3 Å². The summed E-state index contributed by atoms with van der Waals surface area (Å²) in [6, 6.07) is 2.72. The lowest BCUT2D eigenvalue weighted by Crippen LogP contribution is -2.43. The van der Waals surface area contributed by atoms with Gasteiger partial charge in [-0.25, -0.2) is 13.1 Å². The van der Waals surface area contributed by atoms with Crippen LogP contribution >= 0.6 is 45.5 Å². The van der Waals surface area contributed by atoms with E-state index in [4.69, 9.17) is 16.3 Å². The predicted octanol–water partition coefficient (Wildman–Crippen LogP) is 2.62. The van der Waals surface area contributed by atoms with Crippen molar-refractivity contribution in [1.29, 1.82) is 0 Å². The molecule has 120 valence electrons. The van der Waals surface area contributed by atoms with Crippen molar-refractivity contribution in [2.45, 2.75) is 25.8 Å². The van der Waals surface area contributed by atoms with Gasteiger partial charge in [0.15, 0.2) is 0 Å². The molecule has 0 aliphatic heterocycles. The SMILES string of the molecule is CCOC(=O)[C@H](CCI)NS(=O)(=O)CCc1ccc(Cl)s1. The van der Waals surface area contributed by atoms with Gasteiger partial charge in [-0.2, -0.15) is 0 Å². The molecule has 0 spiro atoms. The number of carbonyl (C=O) groups is 1. The Morgan fingerprint density at radius 2 is 2.24 bits per heavy atom. The Morgan fingerprint density at radius 3 is 2.76 bits per heavy atom. The van der Waals surface area contributed by atoms with Crippen molar-refractivity contribution in [3.05, 3.63) is 21.3 Å². The van der Waals surface area contributed by atoms with Crippen LogP contribution in [0.3, 0.4) is 0 Å². The maximum Gasteiger partial charge on any atom is 0.324 e. The molecule has 1 atom stereocenters. The maximum absolute atomic E-state index is 12.1. The average Bonchev–Trinajstić information content (AvgIpc) is 2.82. The van der Waals surface area contributed by atoms with E-state index in [2.05, 4.69) is 27.3 Å². The second kappa shape index (κ2) is 9.29. The van der Waals surface area contributed by atoms with Crippen LogP contribution in [0, 0.1) is 0 Å². The molecule has 21 heavy (non-hydrogen) atoms. The van der Waals surface area contributed by atoms with Gasteiger partial charge < -0.3 is 4.74 Å². The molecule has 0 aliphatic carbocycles. The van der Waals surface area contributed by atoms with Crippen LogP contribution in [0.2, 0.25) is 4.34 Å². The summed E-state index contributed by atoms with van der Waals surface area (Å²) in [6.45, 7) is 1.92. The Hall–Kier alpha value is 0.1000. The zero-order valence-electron chi connectivity index (χ0n) is 11.5. The molecule has 0 aliphatic rings. The van der Waals surface area contributed by atoms with Gasteiger partial charge in [0.2, 0.25) is 10.0 Å². The molecular weight excluding hydrogens is 449 g/mol. The summed E-state index contributed by atoms with van der Waals surface area (Å²) in [5.74, 6) is -0.613. The van der Waals surface area contributed by atoms with Crippen LogP contribution in [0.5, 0.6) is 0 Å². The number of thiophene rings is 1. The van der Waals surface area contributed by atoms with E-state index in [1.165, 1.54) is 11.3 Å². The van der Waals surface area contributed by atoms with Gasteiger partial charge in [0.1, 0.15) is 6.04 Å². The minimum absolute atomic E-state index is 0.0823. The van der Waals surface area contributed by atoms with E-state index in [0.717, 1.165) is 4.88 Å². The summed E-state index contributed by atoms with van der Waals surface area (Å²) in [5.41, 5.74) is 0. The lowest BCUT2D eigenvalue weighted by atomic mass is 10.2. The molecule has 5 nitrogen and oxygen atoms in total. The van der Waals surface area contributed by atoms with Gasteiger partial charge in [-0.3, -0.25) is 4.79 Å². The predicted molar refractivity (Wildman–Crippen MR) is 93.9 cm³/mol. The van der Waals surface area contributed by atoms with Gasteiger partial charge in [-0.05, 0) is 31.9 Å². The third-order valence-electron chi connectivity index (χ3n) is 2.54. The molecule has 0 unspecified atom stereocenters. The van der Waals surface area contributed by atoms with Crippen molar-refractivity contribution < 1.29 is 17.9 Å². The highest BCUT2D eigenvalue weighted by Crippen LogP contribution is 2.22. The minimum atomic E-state index is -3.55. The summed E-state index contributed by atoms with van der Waals surface area (Å²) < 4.78 is 32.7. The molecule has 0 aromatic carbocycles. The third kappa shape index (κ3) is 7.27. The Kier molecular flexibility index (Phi) is 8.47. The van der Waals surface area contributed by atoms with E-state index in [0.29, 0.717) is 21.6 Å². The standard InChI is InChI=1S/C12H17ClINO4S2/c1-2-19-12(16)10(5-7-14)15-21(17,18)8-6-9-3-4-11(13)20-9/h3-4,10,15H,2,5-8H2,1H3/t10-/m0/s1. The molecular formula is C12H17ClINO4S2. The van der Waals surface area contributed by atoms with E-state index >= 15 is 0 Å². The van der Waals surface area contributed by atoms with Crippen molar-refractivity contribution in [2.24, 2.45) is 0 Å². The molecule has 1 aromatic heterocycles. The van der Waals surface area contributed by atoms with Crippen LogP contribution in [-0.4, -0.2) is 37.2 Å². The number of esters is 1. The maximum atomic E-state index is 12.1. The van der Waals surface area contributed by atoms with Crippen LogP contribution in [0.4, 0.5) is 0 Å². The Bertz CT molecular complexity index is 561. The number of rotatable bonds is 9. The Morgan fingerprint density at radius 1 is 1.52 bits per heavy atom. The number of sulfonamides is 1. The van der Waals surface area contributed by atoms with Gasteiger partial charge in [0.25, 0.3) is 0 Å². The van der Waals surface area contributed by atoms with E-state index < -0.39 is 22.0 Å². The molecule has 0 saturated carbocycles. The van der Waals surface area contributed by atoms with Gasteiger partial charge >= 0.3 is 5.97 Å². The highest BCUT2D eigenvalue weighted by atomic mass is 127. The molecule has 1 rings (SSSR count). The van der Waals surface area contributed by atoms with Crippen LogP contribution in [-0.2, 0) is 26.0 Å². The van der Waals surface area contributed by atoms with Crippen molar-refractivity contribution in [1.82, 2.24) is 4.72 Å². The molecule has 0 bridgehead atoms. The second-order valence-corrected chi connectivity index (χ2v) is 8.93. The number of alkyl halides is 1. The summed E-state index contributed by atoms with van der Waals surface area (Å²) in [5, 5.41) is 0. The summed E-state index contributed by atoms with van der Waals surface area (Å²) in [4.78, 5) is 12.6. The fourth-order valence-electron chi connectivity index (χ4n) is 1.57. The first-order valence-corrected chi connectivity index (χ1v) is 10.7. The van der Waals surface area contributed by atoms with Crippen molar-refractivity contribution >= 4 is 61.5 Å². The molecule has 9 heteroatoms. The summed E-state index contributed by atoms with van der Waals surface area (Å²) in [6.07, 6.45) is 0.774. The number of nitrogens with one attached hydrogen (secondary N) is 1. The van der Waals surface area contributed by atoms with Crippen LogP contribution < -0.4 is 4.72 Å². The Labute approximate surface area is 147 Å².